The summed E-state index contributed by atoms with van der Waals surface area (Å²) in [4.78, 5) is 0. The molecule has 0 radical (unpaired) electrons. The molecule has 0 saturated carbocycles. The summed E-state index contributed by atoms with van der Waals surface area (Å²) < 4.78 is 15.0. The van der Waals surface area contributed by atoms with Crippen LogP contribution in [0.5, 0.6) is 0 Å². The SMILES string of the molecule is CC1=C(C(N)=CC#N)C(=CC=[N+](C)C)O[B-](c2ccccc2)(c2ccccc2)O1. The Balaban J connectivity index is 2.28. The van der Waals surface area contributed by atoms with Crippen LogP contribution in [0.2, 0.25) is 0 Å². The maximum absolute atomic E-state index is 9.07. The molecule has 146 valence electrons. The van der Waals surface area contributed by atoms with Gasteiger partial charge < -0.3 is 15.0 Å². The molecule has 1 aliphatic rings. The molecule has 2 aromatic carbocycles. The summed E-state index contributed by atoms with van der Waals surface area (Å²) in [6.45, 7) is -0.179. The quantitative estimate of drug-likeness (QED) is 0.379. The van der Waals surface area contributed by atoms with Crippen molar-refractivity contribution in [2.24, 2.45) is 5.73 Å². The number of rotatable bonds is 4. The summed E-state index contributed by atoms with van der Waals surface area (Å²) in [6.07, 6.45) is 5.02. The minimum Gasteiger partial charge on any atom is -0.678 e. The van der Waals surface area contributed by atoms with E-state index in [9.17, 15) is 0 Å². The van der Waals surface area contributed by atoms with Crippen molar-refractivity contribution in [1.82, 2.24) is 0 Å². The van der Waals surface area contributed by atoms with Crippen LogP contribution in [0.4, 0.5) is 0 Å². The zero-order chi connectivity index (χ0) is 20.9. The first-order valence-electron chi connectivity index (χ1n) is 9.39. The fourth-order valence-electron chi connectivity index (χ4n) is 3.45. The average Bonchev–Trinajstić information content (AvgIpc) is 2.73. The number of hydrogen-bond acceptors (Lipinski definition) is 4. The van der Waals surface area contributed by atoms with Crippen LogP contribution in [0, 0.1) is 11.3 Å². The van der Waals surface area contributed by atoms with Crippen LogP contribution in [0.1, 0.15) is 6.92 Å². The van der Waals surface area contributed by atoms with E-state index in [1.165, 1.54) is 6.08 Å². The lowest BCUT2D eigenvalue weighted by molar-refractivity contribution is -0.458. The maximum Gasteiger partial charge on any atom is 0.405 e. The van der Waals surface area contributed by atoms with Gasteiger partial charge >= 0.3 is 6.55 Å². The van der Waals surface area contributed by atoms with Crippen LogP contribution in [-0.2, 0) is 9.31 Å². The van der Waals surface area contributed by atoms with Gasteiger partial charge in [0.1, 0.15) is 14.1 Å². The molecule has 0 aliphatic carbocycles. The summed E-state index contributed by atoms with van der Waals surface area (Å²) in [5.41, 5.74) is 8.87. The third kappa shape index (κ3) is 4.09. The van der Waals surface area contributed by atoms with Gasteiger partial charge in [0.15, 0.2) is 6.21 Å². The highest BCUT2D eigenvalue weighted by Crippen LogP contribution is 2.32. The van der Waals surface area contributed by atoms with Gasteiger partial charge in [-0.05, 0) is 6.92 Å². The van der Waals surface area contributed by atoms with E-state index >= 15 is 0 Å². The van der Waals surface area contributed by atoms with Gasteiger partial charge in [-0.15, -0.1) is 10.9 Å². The van der Waals surface area contributed by atoms with E-state index in [2.05, 4.69) is 0 Å². The molecule has 5 nitrogen and oxygen atoms in total. The molecular formula is C23H24BN3O2. The second kappa shape index (κ2) is 8.53. The molecule has 0 atom stereocenters. The van der Waals surface area contributed by atoms with E-state index in [0.29, 0.717) is 22.8 Å². The Morgan fingerprint density at radius 1 is 1.00 bits per heavy atom. The Kier molecular flexibility index (Phi) is 5.89. The lowest BCUT2D eigenvalue weighted by Gasteiger charge is -2.49. The predicted octanol–water partition coefficient (Wildman–Crippen LogP) is 2.16. The molecule has 0 amide bonds. The maximum atomic E-state index is 9.07. The smallest absolute Gasteiger partial charge is 0.405 e. The van der Waals surface area contributed by atoms with Crippen molar-refractivity contribution in [3.8, 4) is 6.07 Å². The summed E-state index contributed by atoms with van der Waals surface area (Å²) in [5.74, 6) is 1.16. The highest BCUT2D eigenvalue weighted by atomic mass is 16.6. The standard InChI is InChI=1S/C23H24BN3O2/c1-18-23(21(26)14-16-25)22(15-17-27(2)3)29-24(28-18,19-10-6-4-7-11-19)20-12-8-5-9-13-20/h4-15,17H,26H2,1-3H3. The Bertz CT molecular complexity index is 1010. The molecule has 1 aliphatic heterocycles. The molecule has 6 heteroatoms. The lowest BCUT2D eigenvalue weighted by atomic mass is 9.45. The molecule has 3 rings (SSSR count). The molecule has 2 N–H and O–H groups in total. The van der Waals surface area contributed by atoms with Crippen molar-refractivity contribution in [2.45, 2.75) is 6.92 Å². The minimum absolute atomic E-state index is 0.300. The highest BCUT2D eigenvalue weighted by molar-refractivity contribution is 6.93. The monoisotopic (exact) mass is 385 g/mol. The lowest BCUT2D eigenvalue weighted by Crippen LogP contribution is -2.64. The molecule has 0 aromatic heterocycles. The van der Waals surface area contributed by atoms with Crippen LogP contribution < -0.4 is 16.7 Å². The van der Waals surface area contributed by atoms with E-state index in [0.717, 1.165) is 10.9 Å². The van der Waals surface area contributed by atoms with Crippen LogP contribution in [-0.4, -0.2) is 31.4 Å². The number of allylic oxidation sites excluding steroid dienone is 3. The first-order valence-corrected chi connectivity index (χ1v) is 9.39. The fraction of sp³-hybridized carbons (Fsp3) is 0.130. The molecule has 29 heavy (non-hydrogen) atoms. The highest BCUT2D eigenvalue weighted by Gasteiger charge is 2.40. The van der Waals surface area contributed by atoms with Crippen molar-refractivity contribution >= 4 is 23.7 Å². The van der Waals surface area contributed by atoms with Crippen molar-refractivity contribution < 1.29 is 13.9 Å². The van der Waals surface area contributed by atoms with E-state index in [1.807, 2.05) is 105 Å². The third-order valence-corrected chi connectivity index (χ3v) is 4.74. The van der Waals surface area contributed by atoms with Crippen molar-refractivity contribution in [3.05, 3.63) is 95.6 Å². The molecular weight excluding hydrogens is 361 g/mol. The third-order valence-electron chi connectivity index (χ3n) is 4.74. The number of nitriles is 1. The zero-order valence-corrected chi connectivity index (χ0v) is 16.9. The summed E-state index contributed by atoms with van der Waals surface area (Å²) in [6, 6.07) is 21.7. The second-order valence-corrected chi connectivity index (χ2v) is 7.07. The van der Waals surface area contributed by atoms with Crippen molar-refractivity contribution in [1.29, 1.82) is 5.26 Å². The van der Waals surface area contributed by atoms with Gasteiger partial charge in [0.05, 0.1) is 28.9 Å². The normalized spacial score (nSPS) is 17.2. The Morgan fingerprint density at radius 3 is 2.03 bits per heavy atom. The van der Waals surface area contributed by atoms with Gasteiger partial charge in [0.25, 0.3) is 0 Å². The largest absolute Gasteiger partial charge is 0.678 e. The topological polar surface area (TPSA) is 71.3 Å². The Morgan fingerprint density at radius 2 is 1.55 bits per heavy atom. The first-order chi connectivity index (χ1) is 14.0. The van der Waals surface area contributed by atoms with E-state index in [4.69, 9.17) is 20.3 Å². The van der Waals surface area contributed by atoms with Crippen LogP contribution in [0.25, 0.3) is 0 Å². The fourth-order valence-corrected chi connectivity index (χ4v) is 3.45. The molecule has 0 bridgehead atoms. The first kappa shape index (κ1) is 20.0. The van der Waals surface area contributed by atoms with E-state index < -0.39 is 6.55 Å². The number of nitrogens with zero attached hydrogens (tertiary/aromatic N) is 2. The molecule has 2 aromatic rings. The minimum atomic E-state index is -2.03. The number of hydrogen-bond donors (Lipinski definition) is 1. The van der Waals surface area contributed by atoms with Gasteiger partial charge in [-0.25, -0.2) is 4.58 Å². The van der Waals surface area contributed by atoms with Gasteiger partial charge in [-0.2, -0.15) is 5.26 Å². The average molecular weight is 385 g/mol. The predicted molar refractivity (Wildman–Crippen MR) is 117 cm³/mol. The van der Waals surface area contributed by atoms with Gasteiger partial charge in [0, 0.05) is 12.2 Å². The number of nitrogens with two attached hydrogens (primary N) is 1. The van der Waals surface area contributed by atoms with Crippen molar-refractivity contribution in [2.75, 3.05) is 14.1 Å². The van der Waals surface area contributed by atoms with Crippen LogP contribution in [0.3, 0.4) is 0 Å². The summed E-state index contributed by atoms with van der Waals surface area (Å²) >= 11 is 0. The van der Waals surface area contributed by atoms with Gasteiger partial charge in [0.2, 0.25) is 0 Å². The molecule has 0 unspecified atom stereocenters. The zero-order valence-electron chi connectivity index (χ0n) is 16.9. The van der Waals surface area contributed by atoms with Crippen LogP contribution >= 0.6 is 0 Å². The number of benzene rings is 2. The van der Waals surface area contributed by atoms with E-state index in [-0.39, 0.29) is 0 Å². The Hall–Kier alpha value is -3.72. The summed E-state index contributed by atoms with van der Waals surface area (Å²) in [5, 5.41) is 9.07. The van der Waals surface area contributed by atoms with Gasteiger partial charge in [-0.1, -0.05) is 60.7 Å². The second-order valence-electron chi connectivity index (χ2n) is 7.07. The van der Waals surface area contributed by atoms with Crippen molar-refractivity contribution in [3.63, 3.8) is 0 Å². The molecule has 1 heterocycles. The van der Waals surface area contributed by atoms with Gasteiger partial charge in [-0.3, -0.25) is 0 Å². The van der Waals surface area contributed by atoms with E-state index in [1.54, 1.807) is 0 Å². The van der Waals surface area contributed by atoms with Crippen LogP contribution in [0.15, 0.2) is 95.6 Å². The molecule has 0 fully saturated rings. The molecule has 0 saturated heterocycles. The Labute approximate surface area is 171 Å². The summed E-state index contributed by atoms with van der Waals surface area (Å²) in [7, 11) is 3.85. The molecule has 0 spiro atoms.